The number of aromatic nitrogens is 1. The number of non-ortho nitro benzene ring substituents is 1. The molecule has 4 nitrogen and oxygen atoms in total. The van der Waals surface area contributed by atoms with Gasteiger partial charge in [0.15, 0.2) is 4.34 Å². The maximum atomic E-state index is 10.8. The quantitative estimate of drug-likeness (QED) is 0.454. The van der Waals surface area contributed by atoms with Gasteiger partial charge < -0.3 is 0 Å². The third-order valence-corrected chi connectivity index (χ3v) is 6.00. The summed E-state index contributed by atoms with van der Waals surface area (Å²) >= 11 is 9.26. The highest BCUT2D eigenvalue weighted by atomic mass is 35.5. The second kappa shape index (κ2) is 5.87. The third-order valence-electron chi connectivity index (χ3n) is 3.24. The highest BCUT2D eigenvalue weighted by Gasteiger charge is 2.13. The molecule has 0 atom stereocenters. The fraction of sp³-hybridized carbons (Fsp3) is 0.133. The minimum Gasteiger partial charge on any atom is -0.258 e. The van der Waals surface area contributed by atoms with Gasteiger partial charge in [-0.2, -0.15) is 0 Å². The molecule has 1 aromatic heterocycles. The molecular weight excluding hydrogens is 340 g/mol. The van der Waals surface area contributed by atoms with Gasteiger partial charge in [-0.15, -0.1) is 11.3 Å². The summed E-state index contributed by atoms with van der Waals surface area (Å²) in [6.07, 6.45) is 0. The van der Waals surface area contributed by atoms with Crippen molar-refractivity contribution in [2.45, 2.75) is 23.1 Å². The van der Waals surface area contributed by atoms with E-state index in [1.54, 1.807) is 12.1 Å². The number of hydrogen-bond acceptors (Lipinski definition) is 5. The Kier molecular flexibility index (Phi) is 4.08. The summed E-state index contributed by atoms with van der Waals surface area (Å²) in [5.74, 6) is 0. The Hall–Kier alpha value is -1.63. The van der Waals surface area contributed by atoms with Crippen LogP contribution in [-0.4, -0.2) is 9.91 Å². The molecule has 112 valence electrons. The lowest BCUT2D eigenvalue weighted by atomic mass is 10.2. The van der Waals surface area contributed by atoms with E-state index >= 15 is 0 Å². The second-order valence-corrected chi connectivity index (χ2v) is 7.53. The Morgan fingerprint density at radius 2 is 2.00 bits per heavy atom. The van der Waals surface area contributed by atoms with Crippen LogP contribution in [0.2, 0.25) is 5.02 Å². The van der Waals surface area contributed by atoms with Crippen LogP contribution in [0.5, 0.6) is 0 Å². The van der Waals surface area contributed by atoms with Gasteiger partial charge in [-0.25, -0.2) is 4.98 Å². The third kappa shape index (κ3) is 2.82. The Morgan fingerprint density at radius 3 is 2.64 bits per heavy atom. The monoisotopic (exact) mass is 350 g/mol. The molecule has 7 heteroatoms. The minimum atomic E-state index is -0.387. The first-order chi connectivity index (χ1) is 10.5. The lowest BCUT2D eigenvalue weighted by Crippen LogP contribution is -1.89. The molecule has 0 saturated heterocycles. The SMILES string of the molecule is Cc1cc([N+](=O)[O-])ccc1Sc1nc2c(C)ccc(Cl)c2s1. The summed E-state index contributed by atoms with van der Waals surface area (Å²) in [4.78, 5) is 16.0. The van der Waals surface area contributed by atoms with Crippen molar-refractivity contribution >= 4 is 50.6 Å². The fourth-order valence-electron chi connectivity index (χ4n) is 2.08. The van der Waals surface area contributed by atoms with Crippen LogP contribution in [0.1, 0.15) is 11.1 Å². The summed E-state index contributed by atoms with van der Waals surface area (Å²) in [6, 6.07) is 8.69. The molecule has 0 amide bonds. The van der Waals surface area contributed by atoms with Gasteiger partial charge in [0.1, 0.15) is 0 Å². The Labute approximate surface area is 140 Å². The van der Waals surface area contributed by atoms with E-state index in [0.717, 1.165) is 30.6 Å². The number of fused-ring (bicyclic) bond motifs is 1. The summed E-state index contributed by atoms with van der Waals surface area (Å²) in [5.41, 5.74) is 2.97. The van der Waals surface area contributed by atoms with E-state index in [-0.39, 0.29) is 10.6 Å². The summed E-state index contributed by atoms with van der Waals surface area (Å²) in [7, 11) is 0. The van der Waals surface area contributed by atoms with Crippen molar-refractivity contribution in [3.63, 3.8) is 0 Å². The lowest BCUT2D eigenvalue weighted by molar-refractivity contribution is -0.385. The molecule has 0 spiro atoms. The van der Waals surface area contributed by atoms with E-state index in [9.17, 15) is 10.1 Å². The van der Waals surface area contributed by atoms with Crippen LogP contribution in [0.25, 0.3) is 10.2 Å². The van der Waals surface area contributed by atoms with Crippen LogP contribution in [0.3, 0.4) is 0 Å². The largest absolute Gasteiger partial charge is 0.269 e. The van der Waals surface area contributed by atoms with Crippen molar-refractivity contribution < 1.29 is 4.92 Å². The normalized spacial score (nSPS) is 11.0. The molecule has 0 radical (unpaired) electrons. The minimum absolute atomic E-state index is 0.102. The molecule has 3 aromatic rings. The molecule has 0 aliphatic carbocycles. The zero-order valence-electron chi connectivity index (χ0n) is 11.8. The first-order valence-electron chi connectivity index (χ1n) is 6.44. The molecule has 0 aliphatic rings. The topological polar surface area (TPSA) is 56.0 Å². The van der Waals surface area contributed by atoms with Crippen LogP contribution in [0, 0.1) is 24.0 Å². The van der Waals surface area contributed by atoms with Crippen molar-refractivity contribution in [1.82, 2.24) is 4.98 Å². The molecule has 0 saturated carbocycles. The number of halogens is 1. The molecule has 0 fully saturated rings. The molecular formula is C15H11ClN2O2S2. The predicted molar refractivity (Wildman–Crippen MR) is 91.3 cm³/mol. The molecule has 22 heavy (non-hydrogen) atoms. The molecule has 0 aliphatic heterocycles. The molecule has 0 N–H and O–H groups in total. The lowest BCUT2D eigenvalue weighted by Gasteiger charge is -2.02. The fourth-order valence-corrected chi connectivity index (χ4v) is 4.50. The van der Waals surface area contributed by atoms with Crippen molar-refractivity contribution in [3.8, 4) is 0 Å². The predicted octanol–water partition coefficient (Wildman–Crippen LogP) is 5.63. The van der Waals surface area contributed by atoms with E-state index in [4.69, 9.17) is 11.6 Å². The van der Waals surface area contributed by atoms with Crippen molar-refractivity contribution in [2.24, 2.45) is 0 Å². The molecule has 3 rings (SSSR count). The Morgan fingerprint density at radius 1 is 1.23 bits per heavy atom. The number of aryl methyl sites for hydroxylation is 2. The van der Waals surface area contributed by atoms with Gasteiger partial charge in [0, 0.05) is 17.0 Å². The molecule has 1 heterocycles. The zero-order valence-corrected chi connectivity index (χ0v) is 14.2. The van der Waals surface area contributed by atoms with Gasteiger partial charge in [0.2, 0.25) is 0 Å². The second-order valence-electron chi connectivity index (χ2n) is 4.83. The van der Waals surface area contributed by atoms with Crippen LogP contribution >= 0.6 is 34.7 Å². The number of thiazole rings is 1. The maximum absolute atomic E-state index is 10.8. The number of nitrogens with zero attached hydrogens (tertiary/aromatic N) is 2. The van der Waals surface area contributed by atoms with E-state index in [1.807, 2.05) is 26.0 Å². The van der Waals surface area contributed by atoms with Crippen molar-refractivity contribution in [2.75, 3.05) is 0 Å². The van der Waals surface area contributed by atoms with Gasteiger partial charge in [-0.1, -0.05) is 29.4 Å². The van der Waals surface area contributed by atoms with Gasteiger partial charge in [0.05, 0.1) is 20.2 Å². The summed E-state index contributed by atoms with van der Waals surface area (Å²) in [5, 5.41) is 11.5. The van der Waals surface area contributed by atoms with Gasteiger partial charge in [-0.3, -0.25) is 10.1 Å². The van der Waals surface area contributed by atoms with Gasteiger partial charge in [0.25, 0.3) is 5.69 Å². The number of nitro groups is 1. The smallest absolute Gasteiger partial charge is 0.258 e. The van der Waals surface area contributed by atoms with Crippen LogP contribution in [0.15, 0.2) is 39.6 Å². The van der Waals surface area contributed by atoms with Gasteiger partial charge >= 0.3 is 0 Å². The van der Waals surface area contributed by atoms with Crippen LogP contribution in [-0.2, 0) is 0 Å². The van der Waals surface area contributed by atoms with E-state index in [1.165, 1.54) is 29.2 Å². The number of hydrogen-bond donors (Lipinski definition) is 0. The Balaban J connectivity index is 1.98. The van der Waals surface area contributed by atoms with Crippen LogP contribution in [0.4, 0.5) is 5.69 Å². The Bertz CT molecular complexity index is 854. The number of nitro benzene ring substituents is 1. The number of rotatable bonds is 3. The average molecular weight is 351 g/mol. The highest BCUT2D eigenvalue weighted by Crippen LogP contribution is 2.39. The van der Waals surface area contributed by atoms with E-state index < -0.39 is 0 Å². The zero-order chi connectivity index (χ0) is 15.9. The number of benzene rings is 2. The summed E-state index contributed by atoms with van der Waals surface area (Å²) < 4.78 is 1.85. The van der Waals surface area contributed by atoms with Crippen LogP contribution < -0.4 is 0 Å². The average Bonchev–Trinajstić information content (AvgIpc) is 2.90. The molecule has 0 bridgehead atoms. The highest BCUT2D eigenvalue weighted by molar-refractivity contribution is 8.01. The van der Waals surface area contributed by atoms with Crippen molar-refractivity contribution in [3.05, 3.63) is 56.6 Å². The molecule has 2 aromatic carbocycles. The maximum Gasteiger partial charge on any atom is 0.269 e. The van der Waals surface area contributed by atoms with Crippen molar-refractivity contribution in [1.29, 1.82) is 0 Å². The summed E-state index contributed by atoms with van der Waals surface area (Å²) in [6.45, 7) is 3.87. The first-order valence-corrected chi connectivity index (χ1v) is 8.45. The van der Waals surface area contributed by atoms with E-state index in [0.29, 0.717) is 5.02 Å². The van der Waals surface area contributed by atoms with Gasteiger partial charge in [-0.05, 0) is 37.1 Å². The van der Waals surface area contributed by atoms with E-state index in [2.05, 4.69) is 4.98 Å². The molecule has 0 unspecified atom stereocenters. The first kappa shape index (κ1) is 15.3. The standard InChI is InChI=1S/C15H11ClN2O2S2/c1-8-3-5-11(16)14-13(8)17-15(22-14)21-12-6-4-10(18(19)20)7-9(12)2/h3-7H,1-2H3.